The molecule has 1 rings (SSSR count). The van der Waals surface area contributed by atoms with Crippen molar-refractivity contribution in [2.24, 2.45) is 0 Å². The van der Waals surface area contributed by atoms with Gasteiger partial charge in [-0.1, -0.05) is 88.6 Å². The van der Waals surface area contributed by atoms with Crippen LogP contribution in [0.5, 0.6) is 0 Å². The third-order valence-corrected chi connectivity index (χ3v) is 5.45. The first-order valence-corrected chi connectivity index (χ1v) is 11.7. The Morgan fingerprint density at radius 1 is 0.862 bits per heavy atom. The third-order valence-electron chi connectivity index (χ3n) is 5.45. The number of aliphatic carboxylic acids is 1. The van der Waals surface area contributed by atoms with Crippen LogP contribution < -0.4 is 0 Å². The van der Waals surface area contributed by atoms with Gasteiger partial charge < -0.3 is 14.9 Å². The summed E-state index contributed by atoms with van der Waals surface area (Å²) < 4.78 is 6.21. The van der Waals surface area contributed by atoms with Gasteiger partial charge in [-0.15, -0.1) is 0 Å². The number of aliphatic hydroxyl groups excluding tert-OH is 1. The summed E-state index contributed by atoms with van der Waals surface area (Å²) in [6, 6.07) is 10.4. The maximum absolute atomic E-state index is 10.5. The molecule has 0 aliphatic carbocycles. The summed E-state index contributed by atoms with van der Waals surface area (Å²) >= 11 is 0. The van der Waals surface area contributed by atoms with Crippen LogP contribution in [0, 0.1) is 0 Å². The van der Waals surface area contributed by atoms with E-state index in [9.17, 15) is 9.90 Å². The molecule has 0 heterocycles. The fraction of sp³-hybridized carbons (Fsp3) is 0.720. The SMILES string of the molecule is CCCCCC(CCCCCCCC(O)CCCC(=O)O)OCc1ccccc1. The Morgan fingerprint density at radius 2 is 1.45 bits per heavy atom. The zero-order valence-corrected chi connectivity index (χ0v) is 18.4. The van der Waals surface area contributed by atoms with E-state index in [2.05, 4.69) is 31.2 Å². The molecule has 29 heavy (non-hydrogen) atoms. The van der Waals surface area contributed by atoms with Gasteiger partial charge in [0.05, 0.1) is 18.8 Å². The van der Waals surface area contributed by atoms with Gasteiger partial charge in [0.25, 0.3) is 0 Å². The fourth-order valence-electron chi connectivity index (χ4n) is 3.64. The minimum absolute atomic E-state index is 0.156. The van der Waals surface area contributed by atoms with Crippen LogP contribution in [0.2, 0.25) is 0 Å². The molecule has 0 radical (unpaired) electrons. The molecule has 2 N–H and O–H groups in total. The summed E-state index contributed by atoms with van der Waals surface area (Å²) in [5.74, 6) is -0.780. The molecule has 0 saturated heterocycles. The highest BCUT2D eigenvalue weighted by molar-refractivity contribution is 5.66. The summed E-state index contributed by atoms with van der Waals surface area (Å²) in [5, 5.41) is 18.5. The number of unbranched alkanes of at least 4 members (excludes halogenated alkanes) is 6. The van der Waals surface area contributed by atoms with Crippen molar-refractivity contribution in [1.29, 1.82) is 0 Å². The number of carboxylic acid groups (broad SMARTS) is 1. The first-order valence-electron chi connectivity index (χ1n) is 11.7. The second-order valence-corrected chi connectivity index (χ2v) is 8.20. The van der Waals surface area contributed by atoms with E-state index in [-0.39, 0.29) is 12.5 Å². The lowest BCUT2D eigenvalue weighted by atomic mass is 10.0. The van der Waals surface area contributed by atoms with Crippen molar-refractivity contribution >= 4 is 5.97 Å². The van der Waals surface area contributed by atoms with Crippen molar-refractivity contribution < 1.29 is 19.7 Å². The van der Waals surface area contributed by atoms with E-state index in [1.54, 1.807) is 0 Å². The monoisotopic (exact) mass is 406 g/mol. The molecule has 0 aliphatic heterocycles. The van der Waals surface area contributed by atoms with Crippen molar-refractivity contribution in [3.8, 4) is 0 Å². The second kappa shape index (κ2) is 17.5. The molecule has 1 aromatic carbocycles. The molecule has 4 heteroatoms. The number of hydrogen-bond donors (Lipinski definition) is 2. The van der Waals surface area contributed by atoms with Crippen LogP contribution in [0.3, 0.4) is 0 Å². The summed E-state index contributed by atoms with van der Waals surface area (Å²) in [5.41, 5.74) is 1.25. The lowest BCUT2D eigenvalue weighted by Gasteiger charge is -2.18. The van der Waals surface area contributed by atoms with Crippen molar-refractivity contribution in [3.05, 3.63) is 35.9 Å². The predicted octanol–water partition coefficient (Wildman–Crippen LogP) is 6.50. The van der Waals surface area contributed by atoms with Gasteiger partial charge in [0.2, 0.25) is 0 Å². The summed E-state index contributed by atoms with van der Waals surface area (Å²) in [7, 11) is 0. The molecule has 1 aromatic rings. The Balaban J connectivity index is 2.11. The van der Waals surface area contributed by atoms with Gasteiger partial charge in [-0.05, 0) is 37.7 Å². The average molecular weight is 407 g/mol. The van der Waals surface area contributed by atoms with E-state index in [1.807, 2.05) is 6.07 Å². The molecular formula is C25H42O4. The Hall–Kier alpha value is -1.39. The van der Waals surface area contributed by atoms with Crippen LogP contribution in [-0.4, -0.2) is 28.4 Å². The number of ether oxygens (including phenoxy) is 1. The van der Waals surface area contributed by atoms with E-state index in [0.29, 0.717) is 25.6 Å². The van der Waals surface area contributed by atoms with E-state index in [0.717, 1.165) is 32.1 Å². The van der Waals surface area contributed by atoms with Gasteiger partial charge in [-0.2, -0.15) is 0 Å². The highest BCUT2D eigenvalue weighted by atomic mass is 16.5. The highest BCUT2D eigenvalue weighted by Gasteiger charge is 2.10. The van der Waals surface area contributed by atoms with Crippen molar-refractivity contribution in [2.45, 2.75) is 116 Å². The van der Waals surface area contributed by atoms with Crippen LogP contribution in [0.1, 0.15) is 102 Å². The van der Waals surface area contributed by atoms with Crippen LogP contribution in [0.4, 0.5) is 0 Å². The number of hydrogen-bond acceptors (Lipinski definition) is 3. The maximum atomic E-state index is 10.5. The van der Waals surface area contributed by atoms with E-state index >= 15 is 0 Å². The molecule has 2 atom stereocenters. The van der Waals surface area contributed by atoms with Crippen LogP contribution in [0.15, 0.2) is 30.3 Å². The largest absolute Gasteiger partial charge is 0.481 e. The first-order chi connectivity index (χ1) is 14.1. The maximum Gasteiger partial charge on any atom is 0.303 e. The average Bonchev–Trinajstić information content (AvgIpc) is 2.71. The van der Waals surface area contributed by atoms with E-state index in [4.69, 9.17) is 9.84 Å². The topological polar surface area (TPSA) is 66.8 Å². The Morgan fingerprint density at radius 3 is 2.10 bits per heavy atom. The number of carboxylic acids is 1. The lowest BCUT2D eigenvalue weighted by Crippen LogP contribution is -2.13. The van der Waals surface area contributed by atoms with E-state index < -0.39 is 5.97 Å². The van der Waals surface area contributed by atoms with Gasteiger partial charge in [-0.3, -0.25) is 4.79 Å². The molecule has 2 unspecified atom stereocenters. The standard InChI is InChI=1S/C25H42O4/c1-2-3-8-18-24(29-21-22-14-9-7-10-15-22)19-12-6-4-5-11-16-23(26)17-13-20-25(27)28/h7,9-10,14-15,23-24,26H,2-6,8,11-13,16-21H2,1H3,(H,27,28). The van der Waals surface area contributed by atoms with Crippen LogP contribution in [0.25, 0.3) is 0 Å². The smallest absolute Gasteiger partial charge is 0.303 e. The molecule has 0 saturated carbocycles. The summed E-state index contributed by atoms with van der Waals surface area (Å²) in [4.78, 5) is 10.5. The molecular weight excluding hydrogens is 364 g/mol. The molecule has 166 valence electrons. The Bertz CT molecular complexity index is 503. The zero-order valence-electron chi connectivity index (χ0n) is 18.4. The number of carbonyl (C=O) groups is 1. The van der Waals surface area contributed by atoms with Crippen molar-refractivity contribution in [3.63, 3.8) is 0 Å². The first kappa shape index (κ1) is 25.6. The normalized spacial score (nSPS) is 13.3. The molecule has 4 nitrogen and oxygen atoms in total. The minimum Gasteiger partial charge on any atom is -0.481 e. The van der Waals surface area contributed by atoms with Gasteiger partial charge in [0.15, 0.2) is 0 Å². The van der Waals surface area contributed by atoms with Gasteiger partial charge in [0, 0.05) is 6.42 Å². The molecule has 0 amide bonds. The minimum atomic E-state index is -0.780. The van der Waals surface area contributed by atoms with Crippen molar-refractivity contribution in [1.82, 2.24) is 0 Å². The quantitative estimate of drug-likeness (QED) is 0.257. The van der Waals surface area contributed by atoms with Gasteiger partial charge in [-0.25, -0.2) is 0 Å². The highest BCUT2D eigenvalue weighted by Crippen LogP contribution is 2.18. The fourth-order valence-corrected chi connectivity index (χ4v) is 3.64. The Labute approximate surface area is 177 Å². The summed E-state index contributed by atoms with van der Waals surface area (Å²) in [6.07, 6.45) is 14.0. The molecule has 0 aliphatic rings. The zero-order chi connectivity index (χ0) is 21.2. The van der Waals surface area contributed by atoms with Crippen molar-refractivity contribution in [2.75, 3.05) is 0 Å². The van der Waals surface area contributed by atoms with E-state index in [1.165, 1.54) is 44.1 Å². The summed E-state index contributed by atoms with van der Waals surface area (Å²) in [6.45, 7) is 2.94. The predicted molar refractivity (Wildman–Crippen MR) is 119 cm³/mol. The second-order valence-electron chi connectivity index (χ2n) is 8.20. The molecule has 0 spiro atoms. The number of rotatable bonds is 19. The molecule has 0 bridgehead atoms. The number of aliphatic hydroxyl groups is 1. The van der Waals surface area contributed by atoms with Gasteiger partial charge in [0.1, 0.15) is 0 Å². The third kappa shape index (κ3) is 15.2. The van der Waals surface area contributed by atoms with Crippen LogP contribution in [-0.2, 0) is 16.1 Å². The van der Waals surface area contributed by atoms with Crippen LogP contribution >= 0.6 is 0 Å². The Kier molecular flexibility index (Phi) is 15.4. The number of benzene rings is 1. The molecule has 0 aromatic heterocycles. The van der Waals surface area contributed by atoms with Gasteiger partial charge >= 0.3 is 5.97 Å². The molecule has 0 fully saturated rings. The lowest BCUT2D eigenvalue weighted by molar-refractivity contribution is -0.137.